The van der Waals surface area contributed by atoms with Crippen LogP contribution in [0.1, 0.15) is 36.7 Å². The van der Waals surface area contributed by atoms with E-state index in [2.05, 4.69) is 19.2 Å². The van der Waals surface area contributed by atoms with Crippen molar-refractivity contribution in [2.75, 3.05) is 5.32 Å². The third-order valence-electron chi connectivity index (χ3n) is 3.94. The van der Waals surface area contributed by atoms with Crippen molar-refractivity contribution in [3.63, 3.8) is 0 Å². The fourth-order valence-corrected chi connectivity index (χ4v) is 3.02. The number of sulfonamides is 1. The lowest BCUT2D eigenvalue weighted by Gasteiger charge is -2.14. The smallest absolute Gasteiger partial charge is 0.338 e. The number of rotatable bonds is 7. The summed E-state index contributed by atoms with van der Waals surface area (Å²) in [6.07, 6.45) is -0.112. The largest absolute Gasteiger partial charge is 0.449 e. The van der Waals surface area contributed by atoms with E-state index >= 15 is 0 Å². The first-order valence-electron chi connectivity index (χ1n) is 8.80. The van der Waals surface area contributed by atoms with Gasteiger partial charge in [-0.2, -0.15) is 0 Å². The Morgan fingerprint density at radius 3 is 2.07 bits per heavy atom. The molecule has 0 fully saturated rings. The molecule has 0 spiro atoms. The van der Waals surface area contributed by atoms with Crippen LogP contribution >= 0.6 is 0 Å². The van der Waals surface area contributed by atoms with E-state index in [9.17, 15) is 18.0 Å². The van der Waals surface area contributed by atoms with E-state index in [0.717, 1.165) is 12.0 Å². The van der Waals surface area contributed by atoms with Crippen molar-refractivity contribution in [1.29, 1.82) is 0 Å². The topological polar surface area (TPSA) is 116 Å². The van der Waals surface area contributed by atoms with Crippen LogP contribution < -0.4 is 10.5 Å². The van der Waals surface area contributed by atoms with Gasteiger partial charge >= 0.3 is 5.97 Å². The van der Waals surface area contributed by atoms with E-state index in [-0.39, 0.29) is 4.90 Å². The van der Waals surface area contributed by atoms with E-state index < -0.39 is 28.0 Å². The van der Waals surface area contributed by atoms with Crippen LogP contribution in [0, 0.1) is 5.92 Å². The minimum Gasteiger partial charge on any atom is -0.449 e. The maximum absolute atomic E-state index is 12.2. The molecule has 8 heteroatoms. The average molecular weight is 404 g/mol. The number of primary sulfonamides is 1. The molecule has 1 amide bonds. The number of anilines is 1. The van der Waals surface area contributed by atoms with E-state index in [4.69, 9.17) is 9.88 Å². The van der Waals surface area contributed by atoms with Gasteiger partial charge in [0.1, 0.15) is 0 Å². The number of nitrogens with two attached hydrogens (primary N) is 1. The number of hydrogen-bond donors (Lipinski definition) is 2. The van der Waals surface area contributed by atoms with Gasteiger partial charge < -0.3 is 10.1 Å². The van der Waals surface area contributed by atoms with Gasteiger partial charge in [-0.15, -0.1) is 0 Å². The highest BCUT2D eigenvalue weighted by molar-refractivity contribution is 7.89. The average Bonchev–Trinajstić information content (AvgIpc) is 2.61. The highest BCUT2D eigenvalue weighted by Gasteiger charge is 2.19. The molecule has 0 aromatic heterocycles. The molecule has 2 aromatic rings. The Hall–Kier alpha value is -2.71. The van der Waals surface area contributed by atoms with Gasteiger partial charge in [-0.05, 0) is 61.2 Å². The van der Waals surface area contributed by atoms with Gasteiger partial charge in [-0.3, -0.25) is 4.79 Å². The lowest BCUT2D eigenvalue weighted by Crippen LogP contribution is -2.30. The fraction of sp³-hybridized carbons (Fsp3) is 0.300. The molecule has 28 heavy (non-hydrogen) atoms. The summed E-state index contributed by atoms with van der Waals surface area (Å²) in [5.74, 6) is -0.614. The molecule has 0 unspecified atom stereocenters. The lowest BCUT2D eigenvalue weighted by molar-refractivity contribution is -0.123. The van der Waals surface area contributed by atoms with Gasteiger partial charge in [0, 0.05) is 5.69 Å². The summed E-state index contributed by atoms with van der Waals surface area (Å²) in [4.78, 5) is 24.4. The zero-order valence-corrected chi connectivity index (χ0v) is 16.8. The molecule has 3 N–H and O–H groups in total. The van der Waals surface area contributed by atoms with Crippen LogP contribution in [0.3, 0.4) is 0 Å². The number of esters is 1. The van der Waals surface area contributed by atoms with Crippen LogP contribution in [0.5, 0.6) is 0 Å². The molecule has 0 bridgehead atoms. The molecule has 0 radical (unpaired) electrons. The molecule has 7 nitrogen and oxygen atoms in total. The zero-order valence-electron chi connectivity index (χ0n) is 16.0. The van der Waals surface area contributed by atoms with Crippen molar-refractivity contribution in [3.8, 4) is 0 Å². The van der Waals surface area contributed by atoms with Crippen molar-refractivity contribution in [2.24, 2.45) is 11.1 Å². The summed E-state index contributed by atoms with van der Waals surface area (Å²) in [6, 6.07) is 12.5. The Bertz CT molecular complexity index is 936. The second kappa shape index (κ2) is 8.99. The lowest BCUT2D eigenvalue weighted by atomic mass is 10.0. The summed E-state index contributed by atoms with van der Waals surface area (Å²) >= 11 is 0. The predicted molar refractivity (Wildman–Crippen MR) is 106 cm³/mol. The standard InChI is InChI=1S/C20H24N2O5S/c1-13(2)12-15-4-6-16(7-5-15)20(24)27-14(3)19(23)22-17-8-10-18(11-9-17)28(21,25)26/h4-11,13-14H,12H2,1-3H3,(H,22,23)(H2,21,25,26)/t14-/m1/s1. The maximum atomic E-state index is 12.2. The molecular weight excluding hydrogens is 380 g/mol. The van der Waals surface area contributed by atoms with E-state index in [1.54, 1.807) is 12.1 Å². The van der Waals surface area contributed by atoms with Crippen molar-refractivity contribution < 1.29 is 22.7 Å². The van der Waals surface area contributed by atoms with Gasteiger partial charge in [-0.1, -0.05) is 26.0 Å². The van der Waals surface area contributed by atoms with Gasteiger partial charge in [0.05, 0.1) is 10.5 Å². The molecule has 150 valence electrons. The summed E-state index contributed by atoms with van der Waals surface area (Å²) in [5, 5.41) is 7.58. The summed E-state index contributed by atoms with van der Waals surface area (Å²) in [5.41, 5.74) is 1.85. The molecule has 0 aliphatic carbocycles. The Morgan fingerprint density at radius 2 is 1.57 bits per heavy atom. The van der Waals surface area contributed by atoms with Crippen molar-refractivity contribution in [1.82, 2.24) is 0 Å². The predicted octanol–water partition coefficient (Wildman–Crippen LogP) is 2.72. The first-order chi connectivity index (χ1) is 13.1. The number of nitrogens with one attached hydrogen (secondary N) is 1. The normalized spacial score (nSPS) is 12.5. The third-order valence-corrected chi connectivity index (χ3v) is 4.87. The third kappa shape index (κ3) is 6.17. The molecule has 2 rings (SSSR count). The quantitative estimate of drug-likeness (QED) is 0.689. The summed E-state index contributed by atoms with van der Waals surface area (Å²) < 4.78 is 27.7. The summed E-state index contributed by atoms with van der Waals surface area (Å²) in [7, 11) is -3.80. The molecule has 0 saturated carbocycles. The Morgan fingerprint density at radius 1 is 1.00 bits per heavy atom. The molecule has 0 aliphatic rings. The fourth-order valence-electron chi connectivity index (χ4n) is 2.50. The first kappa shape index (κ1) is 21.6. The second-order valence-corrected chi connectivity index (χ2v) is 8.46. The number of amides is 1. The minimum absolute atomic E-state index is 0.0640. The molecule has 0 heterocycles. The SMILES string of the molecule is CC(C)Cc1ccc(C(=O)O[C@H](C)C(=O)Nc2ccc(S(N)(=O)=O)cc2)cc1. The highest BCUT2D eigenvalue weighted by atomic mass is 32.2. The van der Waals surface area contributed by atoms with Crippen LogP contribution in [0.2, 0.25) is 0 Å². The van der Waals surface area contributed by atoms with E-state index in [1.165, 1.54) is 31.2 Å². The Balaban J connectivity index is 1.95. The maximum Gasteiger partial charge on any atom is 0.338 e. The number of benzene rings is 2. The van der Waals surface area contributed by atoms with Gasteiger partial charge in [0.2, 0.25) is 10.0 Å². The number of ether oxygens (including phenoxy) is 1. The molecule has 2 aromatic carbocycles. The zero-order chi connectivity index (χ0) is 20.9. The van der Waals surface area contributed by atoms with Gasteiger partial charge in [0.15, 0.2) is 6.10 Å². The van der Waals surface area contributed by atoms with Gasteiger partial charge in [-0.25, -0.2) is 18.4 Å². The molecule has 0 saturated heterocycles. The van der Waals surface area contributed by atoms with Crippen molar-refractivity contribution in [3.05, 3.63) is 59.7 Å². The monoisotopic (exact) mass is 404 g/mol. The summed E-state index contributed by atoms with van der Waals surface area (Å²) in [6.45, 7) is 5.69. The minimum atomic E-state index is -3.80. The highest BCUT2D eigenvalue weighted by Crippen LogP contribution is 2.14. The van der Waals surface area contributed by atoms with Crippen LogP contribution in [0.25, 0.3) is 0 Å². The van der Waals surface area contributed by atoms with Crippen LogP contribution in [-0.2, 0) is 26.0 Å². The second-order valence-electron chi connectivity index (χ2n) is 6.90. The van der Waals surface area contributed by atoms with Crippen LogP contribution in [0.15, 0.2) is 53.4 Å². The van der Waals surface area contributed by atoms with Crippen molar-refractivity contribution >= 4 is 27.6 Å². The van der Waals surface area contributed by atoms with E-state index in [0.29, 0.717) is 17.2 Å². The van der Waals surface area contributed by atoms with Crippen LogP contribution in [-0.4, -0.2) is 26.4 Å². The number of carbonyl (C=O) groups is 2. The van der Waals surface area contributed by atoms with Gasteiger partial charge in [0.25, 0.3) is 5.91 Å². The number of carbonyl (C=O) groups excluding carboxylic acids is 2. The Kier molecular flexibility index (Phi) is 6.93. The molecule has 1 atom stereocenters. The van der Waals surface area contributed by atoms with Crippen molar-refractivity contribution in [2.45, 2.75) is 38.2 Å². The Labute approximate surface area is 164 Å². The molecular formula is C20H24N2O5S. The first-order valence-corrected chi connectivity index (χ1v) is 10.3. The van der Waals surface area contributed by atoms with E-state index in [1.807, 2.05) is 12.1 Å². The number of hydrogen-bond acceptors (Lipinski definition) is 5. The van der Waals surface area contributed by atoms with Crippen LogP contribution in [0.4, 0.5) is 5.69 Å². The molecule has 0 aliphatic heterocycles.